The molecule has 0 radical (unpaired) electrons. The van der Waals surface area contributed by atoms with Crippen molar-refractivity contribution in [2.75, 3.05) is 0 Å². The Kier molecular flexibility index (Phi) is 4.10. The topological polar surface area (TPSA) is 67.8 Å². The summed E-state index contributed by atoms with van der Waals surface area (Å²) in [5.74, 6) is 0.476. The zero-order valence-electron chi connectivity index (χ0n) is 7.09. The minimum Gasteiger partial charge on any atom is -0.386 e. The number of nitrogens with zero attached hydrogens (tertiary/aromatic N) is 2. The Bertz CT molecular complexity index is 202. The smallest absolute Gasteiger partial charge is 0.135 e. The SMILES string of the molecule is CC(=O)C/C(C)=N\N=C(C)N. The number of amidine groups is 1. The highest BCUT2D eigenvalue weighted by atomic mass is 16.1. The first-order chi connectivity index (χ1) is 5.02. The van der Waals surface area contributed by atoms with Crippen LogP contribution in [0.15, 0.2) is 10.2 Å². The molecule has 0 aliphatic carbocycles. The first-order valence-corrected chi connectivity index (χ1v) is 3.35. The van der Waals surface area contributed by atoms with E-state index in [0.29, 0.717) is 18.0 Å². The number of nitrogens with two attached hydrogens (primary N) is 1. The van der Waals surface area contributed by atoms with E-state index in [1.807, 2.05) is 0 Å². The fourth-order valence-electron chi connectivity index (χ4n) is 0.560. The quantitative estimate of drug-likeness (QED) is 0.370. The van der Waals surface area contributed by atoms with Gasteiger partial charge in [-0.05, 0) is 20.8 Å². The molecule has 0 amide bonds. The number of Topliss-reactive ketones (excluding diaryl/α,β-unsaturated/α-hetero) is 1. The van der Waals surface area contributed by atoms with E-state index < -0.39 is 0 Å². The largest absolute Gasteiger partial charge is 0.386 e. The van der Waals surface area contributed by atoms with Gasteiger partial charge < -0.3 is 5.73 Å². The summed E-state index contributed by atoms with van der Waals surface area (Å²) in [6, 6.07) is 0. The minimum atomic E-state index is 0.0797. The van der Waals surface area contributed by atoms with Crippen molar-refractivity contribution >= 4 is 17.3 Å². The summed E-state index contributed by atoms with van der Waals surface area (Å²) < 4.78 is 0. The molecule has 0 spiro atoms. The van der Waals surface area contributed by atoms with E-state index in [1.165, 1.54) is 6.92 Å². The first-order valence-electron chi connectivity index (χ1n) is 3.35. The normalized spacial score (nSPS) is 13.4. The van der Waals surface area contributed by atoms with E-state index in [9.17, 15) is 4.79 Å². The van der Waals surface area contributed by atoms with Crippen molar-refractivity contribution in [2.45, 2.75) is 27.2 Å². The number of carbonyl (C=O) groups excluding carboxylic acids is 1. The highest BCUT2D eigenvalue weighted by Crippen LogP contribution is 1.88. The number of carbonyl (C=O) groups is 1. The first kappa shape index (κ1) is 9.81. The van der Waals surface area contributed by atoms with Gasteiger partial charge >= 0.3 is 0 Å². The summed E-state index contributed by atoms with van der Waals surface area (Å²) in [6.45, 7) is 4.90. The summed E-state index contributed by atoms with van der Waals surface area (Å²) in [7, 11) is 0. The van der Waals surface area contributed by atoms with Gasteiger partial charge in [0.25, 0.3) is 0 Å². The molecule has 0 unspecified atom stereocenters. The van der Waals surface area contributed by atoms with Crippen LogP contribution < -0.4 is 5.73 Å². The van der Waals surface area contributed by atoms with Crippen LogP contribution in [0.3, 0.4) is 0 Å². The van der Waals surface area contributed by atoms with Crippen molar-refractivity contribution in [3.63, 3.8) is 0 Å². The zero-order valence-corrected chi connectivity index (χ0v) is 7.09. The maximum absolute atomic E-state index is 10.5. The van der Waals surface area contributed by atoms with Gasteiger partial charge in [0.05, 0.1) is 0 Å². The maximum Gasteiger partial charge on any atom is 0.135 e. The molecule has 0 atom stereocenters. The van der Waals surface area contributed by atoms with Crippen molar-refractivity contribution in [3.05, 3.63) is 0 Å². The molecule has 0 aliphatic heterocycles. The molecular formula is C7H13N3O. The molecule has 0 aromatic rings. The van der Waals surface area contributed by atoms with Gasteiger partial charge in [-0.3, -0.25) is 4.79 Å². The molecular weight excluding hydrogens is 142 g/mol. The molecule has 4 heteroatoms. The molecule has 0 aromatic heterocycles. The Morgan fingerprint density at radius 3 is 2.18 bits per heavy atom. The standard InChI is InChI=1S/C7H13N3O/c1-5(4-6(2)11)9-10-7(3)8/h4H2,1-3H3,(H2,8,10)/b9-5-. The number of ketones is 1. The summed E-state index contributed by atoms with van der Waals surface area (Å²) in [6.07, 6.45) is 0.344. The second-order valence-electron chi connectivity index (χ2n) is 2.46. The van der Waals surface area contributed by atoms with Gasteiger partial charge in [0, 0.05) is 12.1 Å². The number of hydrogen-bond donors (Lipinski definition) is 1. The van der Waals surface area contributed by atoms with Crippen molar-refractivity contribution in [3.8, 4) is 0 Å². The predicted octanol–water partition coefficient (Wildman–Crippen LogP) is 0.718. The van der Waals surface area contributed by atoms with Gasteiger partial charge in [-0.2, -0.15) is 5.10 Å². The van der Waals surface area contributed by atoms with Crippen LogP contribution in [0, 0.1) is 0 Å². The third kappa shape index (κ3) is 6.70. The Hall–Kier alpha value is -1.19. The van der Waals surface area contributed by atoms with Crippen LogP contribution in [-0.2, 0) is 4.79 Å². The summed E-state index contributed by atoms with van der Waals surface area (Å²) >= 11 is 0. The summed E-state index contributed by atoms with van der Waals surface area (Å²) in [5.41, 5.74) is 5.91. The van der Waals surface area contributed by atoms with E-state index in [0.717, 1.165) is 0 Å². The third-order valence-electron chi connectivity index (χ3n) is 0.883. The molecule has 0 fully saturated rings. The molecule has 2 N–H and O–H groups in total. The number of hydrogen-bond acceptors (Lipinski definition) is 3. The van der Waals surface area contributed by atoms with Gasteiger partial charge in [-0.25, -0.2) is 0 Å². The molecule has 0 saturated heterocycles. The van der Waals surface area contributed by atoms with Crippen molar-refractivity contribution in [1.82, 2.24) is 0 Å². The van der Waals surface area contributed by atoms with Crippen LogP contribution in [0.4, 0.5) is 0 Å². The zero-order chi connectivity index (χ0) is 8.85. The van der Waals surface area contributed by atoms with E-state index in [1.54, 1.807) is 13.8 Å². The molecule has 0 aliphatic rings. The average molecular weight is 155 g/mol. The lowest BCUT2D eigenvalue weighted by atomic mass is 10.2. The summed E-state index contributed by atoms with van der Waals surface area (Å²) in [4.78, 5) is 10.5. The molecule has 0 saturated carbocycles. The van der Waals surface area contributed by atoms with Crippen LogP contribution in [-0.4, -0.2) is 17.3 Å². The van der Waals surface area contributed by atoms with E-state index in [4.69, 9.17) is 5.73 Å². The van der Waals surface area contributed by atoms with Crippen LogP contribution in [0.5, 0.6) is 0 Å². The van der Waals surface area contributed by atoms with Gasteiger partial charge in [0.2, 0.25) is 0 Å². The van der Waals surface area contributed by atoms with E-state index in [-0.39, 0.29) is 5.78 Å². The number of rotatable bonds is 3. The molecule has 0 aromatic carbocycles. The fraction of sp³-hybridized carbons (Fsp3) is 0.571. The molecule has 4 nitrogen and oxygen atoms in total. The summed E-state index contributed by atoms with van der Waals surface area (Å²) in [5, 5.41) is 7.33. The van der Waals surface area contributed by atoms with E-state index >= 15 is 0 Å². The predicted molar refractivity (Wildman–Crippen MR) is 45.7 cm³/mol. The third-order valence-corrected chi connectivity index (χ3v) is 0.883. The van der Waals surface area contributed by atoms with Gasteiger partial charge in [-0.15, -0.1) is 5.10 Å². The van der Waals surface area contributed by atoms with Crippen molar-refractivity contribution in [1.29, 1.82) is 0 Å². The molecule has 0 rings (SSSR count). The molecule has 11 heavy (non-hydrogen) atoms. The fourth-order valence-corrected chi connectivity index (χ4v) is 0.560. The highest BCUT2D eigenvalue weighted by molar-refractivity contribution is 5.99. The Balaban J connectivity index is 4.02. The van der Waals surface area contributed by atoms with Gasteiger partial charge in [-0.1, -0.05) is 0 Å². The van der Waals surface area contributed by atoms with Crippen molar-refractivity contribution in [2.24, 2.45) is 15.9 Å². The lowest BCUT2D eigenvalue weighted by Crippen LogP contribution is -2.05. The lowest BCUT2D eigenvalue weighted by Gasteiger charge is -1.91. The van der Waals surface area contributed by atoms with Gasteiger partial charge in [0.15, 0.2) is 0 Å². The Morgan fingerprint density at radius 2 is 1.82 bits per heavy atom. The minimum absolute atomic E-state index is 0.0797. The Labute approximate surface area is 66.2 Å². The van der Waals surface area contributed by atoms with Gasteiger partial charge in [0.1, 0.15) is 11.6 Å². The molecule has 0 bridgehead atoms. The molecule has 0 heterocycles. The van der Waals surface area contributed by atoms with Crippen molar-refractivity contribution < 1.29 is 4.79 Å². The van der Waals surface area contributed by atoms with E-state index in [2.05, 4.69) is 10.2 Å². The van der Waals surface area contributed by atoms with Crippen LogP contribution in [0.1, 0.15) is 27.2 Å². The highest BCUT2D eigenvalue weighted by Gasteiger charge is 1.95. The Morgan fingerprint density at radius 1 is 1.27 bits per heavy atom. The lowest BCUT2D eigenvalue weighted by molar-refractivity contribution is -0.115. The second-order valence-corrected chi connectivity index (χ2v) is 2.46. The monoisotopic (exact) mass is 155 g/mol. The second kappa shape index (κ2) is 4.60. The molecule has 62 valence electrons. The average Bonchev–Trinajstić information content (AvgIpc) is 1.82. The van der Waals surface area contributed by atoms with Crippen LogP contribution in [0.25, 0.3) is 0 Å². The van der Waals surface area contributed by atoms with Crippen LogP contribution in [0.2, 0.25) is 0 Å². The maximum atomic E-state index is 10.5. The van der Waals surface area contributed by atoms with Crippen LogP contribution >= 0.6 is 0 Å².